The number of amides is 1. The van der Waals surface area contributed by atoms with Gasteiger partial charge in [-0.15, -0.1) is 0 Å². The number of carbonyl (C=O) groups excluding carboxylic acids is 1. The average molecular weight is 701 g/mol. The third-order valence-corrected chi connectivity index (χ3v) is 13.8. The zero-order valence-electron chi connectivity index (χ0n) is 27.3. The molecule has 10 nitrogen and oxygen atoms in total. The Morgan fingerprint density at radius 1 is 1.19 bits per heavy atom. The minimum absolute atomic E-state index is 0.0101. The first-order valence-corrected chi connectivity index (χ1v) is 19.0. The number of carbonyl (C=O) groups is 1. The van der Waals surface area contributed by atoms with Crippen molar-refractivity contribution in [3.8, 4) is 11.1 Å². The fraction of sp³-hybridized carbons (Fsp3) is 0.618. The smallest absolute Gasteiger partial charge is 0.245 e. The zero-order valence-corrected chi connectivity index (χ0v) is 29.6. The molecule has 1 aliphatic carbocycles. The molecule has 1 aromatic carbocycles. The van der Waals surface area contributed by atoms with E-state index in [0.717, 1.165) is 97.7 Å². The van der Waals surface area contributed by atoms with Gasteiger partial charge in [-0.2, -0.15) is 10.2 Å². The number of ether oxygens (including phenoxy) is 1. The Balaban J connectivity index is 1.11. The van der Waals surface area contributed by atoms with Crippen LogP contribution in [-0.2, 0) is 20.3 Å². The number of anilines is 1. The predicted octanol–water partition coefficient (Wildman–Crippen LogP) is 5.22. The SMILES string of the molecule is C=CC(=O)N1CC2(CC(n3nc(N4CC[C@@H](CN5CCOC6CS(=O)CC65)CC4(C)C)c(-c4c(Cl)c(Cl)cc5[nH]ncc45)c3C)C2)C1. The lowest BCUT2D eigenvalue weighted by molar-refractivity contribution is -0.149. The van der Waals surface area contributed by atoms with Crippen molar-refractivity contribution in [3.05, 3.63) is 40.7 Å². The van der Waals surface area contributed by atoms with Gasteiger partial charge in [0, 0.05) is 88.5 Å². The number of hydrogen-bond acceptors (Lipinski definition) is 7. The van der Waals surface area contributed by atoms with Gasteiger partial charge in [0.1, 0.15) is 0 Å². The first-order valence-electron chi connectivity index (χ1n) is 16.8. The monoisotopic (exact) mass is 699 g/mol. The molecular formula is C34H43Cl2N7O3S. The summed E-state index contributed by atoms with van der Waals surface area (Å²) in [5.74, 6) is 2.85. The quantitative estimate of drug-likeness (QED) is 0.353. The van der Waals surface area contributed by atoms with Crippen molar-refractivity contribution < 1.29 is 13.7 Å². The van der Waals surface area contributed by atoms with Gasteiger partial charge in [0.2, 0.25) is 5.91 Å². The number of aromatic nitrogens is 4. The third kappa shape index (κ3) is 5.26. The van der Waals surface area contributed by atoms with Gasteiger partial charge >= 0.3 is 0 Å². The van der Waals surface area contributed by atoms with Crippen molar-refractivity contribution in [2.24, 2.45) is 11.3 Å². The van der Waals surface area contributed by atoms with Crippen molar-refractivity contribution in [1.82, 2.24) is 29.8 Å². The molecule has 8 rings (SSSR count). The number of benzene rings is 1. The van der Waals surface area contributed by atoms with E-state index in [4.69, 9.17) is 33.0 Å². The minimum atomic E-state index is -0.788. The summed E-state index contributed by atoms with van der Waals surface area (Å²) >= 11 is 13.8. The Kier molecular flexibility index (Phi) is 7.83. The number of fused-ring (bicyclic) bond motifs is 2. The molecule has 2 aromatic heterocycles. The molecule has 1 spiro atoms. The van der Waals surface area contributed by atoms with E-state index >= 15 is 0 Å². The summed E-state index contributed by atoms with van der Waals surface area (Å²) in [4.78, 5) is 19.1. The van der Waals surface area contributed by atoms with Gasteiger partial charge in [-0.05, 0) is 64.5 Å². The third-order valence-electron chi connectivity index (χ3n) is 11.6. The van der Waals surface area contributed by atoms with Gasteiger partial charge in [0.25, 0.3) is 0 Å². The van der Waals surface area contributed by atoms with Gasteiger partial charge in [-0.1, -0.05) is 29.8 Å². The van der Waals surface area contributed by atoms with E-state index in [1.165, 1.54) is 6.08 Å². The van der Waals surface area contributed by atoms with Crippen LogP contribution >= 0.6 is 23.2 Å². The average Bonchev–Trinajstić information content (AvgIpc) is 3.69. The van der Waals surface area contributed by atoms with Gasteiger partial charge in [-0.25, -0.2) is 0 Å². The number of halogens is 2. The molecule has 1 N–H and O–H groups in total. The fourth-order valence-electron chi connectivity index (χ4n) is 9.32. The van der Waals surface area contributed by atoms with Crippen LogP contribution in [0.25, 0.3) is 22.0 Å². The van der Waals surface area contributed by atoms with E-state index in [2.05, 4.69) is 52.0 Å². The van der Waals surface area contributed by atoms with E-state index in [-0.39, 0.29) is 35.0 Å². The molecule has 13 heteroatoms. The maximum absolute atomic E-state index is 12.4. The Morgan fingerprint density at radius 2 is 1.98 bits per heavy atom. The van der Waals surface area contributed by atoms with Crippen molar-refractivity contribution >= 4 is 56.6 Å². The van der Waals surface area contributed by atoms with Gasteiger partial charge in [-0.3, -0.25) is 23.7 Å². The van der Waals surface area contributed by atoms with Crippen LogP contribution in [0.5, 0.6) is 0 Å². The summed E-state index contributed by atoms with van der Waals surface area (Å²) in [6, 6.07) is 2.35. The van der Waals surface area contributed by atoms with Crippen LogP contribution in [0.1, 0.15) is 51.3 Å². The molecule has 4 atom stereocenters. The molecule has 252 valence electrons. The second-order valence-electron chi connectivity index (χ2n) is 15.1. The van der Waals surface area contributed by atoms with Gasteiger partial charge in [0.05, 0.1) is 46.3 Å². The molecule has 1 amide bonds. The fourth-order valence-corrected chi connectivity index (χ4v) is 11.4. The Morgan fingerprint density at radius 3 is 2.72 bits per heavy atom. The summed E-state index contributed by atoms with van der Waals surface area (Å²) in [7, 11) is -0.788. The van der Waals surface area contributed by atoms with Crippen LogP contribution in [0.3, 0.4) is 0 Å². The Labute approximate surface area is 288 Å². The molecule has 6 heterocycles. The molecule has 0 radical (unpaired) electrons. The topological polar surface area (TPSA) is 99.6 Å². The number of rotatable bonds is 6. The number of nitrogens with one attached hydrogen (secondary N) is 1. The van der Waals surface area contributed by atoms with Crippen molar-refractivity contribution in [3.63, 3.8) is 0 Å². The van der Waals surface area contributed by atoms with Crippen LogP contribution in [0.15, 0.2) is 24.9 Å². The van der Waals surface area contributed by atoms with Crippen LogP contribution in [0, 0.1) is 18.3 Å². The van der Waals surface area contributed by atoms with Crippen LogP contribution in [0.4, 0.5) is 5.82 Å². The van der Waals surface area contributed by atoms with Crippen molar-refractivity contribution in [1.29, 1.82) is 0 Å². The standard InChI is InChI=1S/C34H43Cl2N7O3S/c1-5-28(44)41-18-34(19-41)12-22(13-34)43-20(2)29(30-23-14-37-38-25(23)10-24(35)31(30)36)32(39-43)42-7-6-21(11-33(42,3)4)15-40-8-9-46-27-17-47(45)16-26(27)40/h5,10,14,21-22,26-27H,1,6-9,11-13,15-19H2,2-4H3,(H,37,38)/t21-,26?,27?,47?/m1/s1. The highest BCUT2D eigenvalue weighted by Crippen LogP contribution is 2.56. The molecule has 1 saturated carbocycles. The first-order chi connectivity index (χ1) is 22.5. The highest BCUT2D eigenvalue weighted by atomic mass is 35.5. The molecule has 3 aromatic rings. The molecule has 4 aliphatic heterocycles. The molecule has 0 bridgehead atoms. The van der Waals surface area contributed by atoms with Crippen LogP contribution < -0.4 is 4.90 Å². The normalized spacial score (nSPS) is 28.8. The number of nitrogens with zero attached hydrogens (tertiary/aromatic N) is 6. The van der Waals surface area contributed by atoms with E-state index in [0.29, 0.717) is 28.3 Å². The summed E-state index contributed by atoms with van der Waals surface area (Å²) in [6.45, 7) is 15.5. The molecule has 5 fully saturated rings. The molecule has 3 unspecified atom stereocenters. The van der Waals surface area contributed by atoms with Crippen LogP contribution in [0.2, 0.25) is 10.0 Å². The minimum Gasteiger partial charge on any atom is -0.374 e. The van der Waals surface area contributed by atoms with E-state index in [1.807, 2.05) is 17.2 Å². The molecular weight excluding hydrogens is 657 g/mol. The number of morpholine rings is 1. The maximum Gasteiger partial charge on any atom is 0.245 e. The van der Waals surface area contributed by atoms with E-state index in [1.54, 1.807) is 0 Å². The number of piperidine rings is 1. The number of likely N-dealkylation sites (tertiary alicyclic amines) is 1. The summed E-state index contributed by atoms with van der Waals surface area (Å²) in [6.07, 6.45) is 7.36. The lowest BCUT2D eigenvalue weighted by atomic mass is 9.60. The summed E-state index contributed by atoms with van der Waals surface area (Å²) in [5.41, 5.74) is 3.78. The summed E-state index contributed by atoms with van der Waals surface area (Å²) < 4.78 is 20.6. The lowest BCUT2D eigenvalue weighted by Gasteiger charge is -2.58. The highest BCUT2D eigenvalue weighted by molar-refractivity contribution is 7.85. The molecule has 47 heavy (non-hydrogen) atoms. The molecule has 4 saturated heterocycles. The van der Waals surface area contributed by atoms with Crippen molar-refractivity contribution in [2.45, 2.75) is 70.2 Å². The first kappa shape index (κ1) is 31.8. The summed E-state index contributed by atoms with van der Waals surface area (Å²) in [5, 5.41) is 14.8. The lowest BCUT2D eigenvalue weighted by Crippen LogP contribution is -2.63. The maximum atomic E-state index is 12.4. The second-order valence-corrected chi connectivity index (χ2v) is 17.5. The number of aromatic amines is 1. The Bertz CT molecular complexity index is 1770. The van der Waals surface area contributed by atoms with E-state index in [9.17, 15) is 9.00 Å². The van der Waals surface area contributed by atoms with Gasteiger partial charge < -0.3 is 14.5 Å². The predicted molar refractivity (Wildman–Crippen MR) is 187 cm³/mol. The number of hydrogen-bond donors (Lipinski definition) is 1. The largest absolute Gasteiger partial charge is 0.374 e. The second kappa shape index (κ2) is 11.6. The van der Waals surface area contributed by atoms with Crippen LogP contribution in [-0.4, -0.2) is 108 Å². The van der Waals surface area contributed by atoms with E-state index < -0.39 is 10.8 Å². The zero-order chi connectivity index (χ0) is 32.8. The van der Waals surface area contributed by atoms with Crippen molar-refractivity contribution in [2.75, 3.05) is 55.7 Å². The number of H-pyrrole nitrogens is 1. The Hall–Kier alpha value is -2.44. The highest BCUT2D eigenvalue weighted by Gasteiger charge is 2.55. The molecule has 5 aliphatic rings. The van der Waals surface area contributed by atoms with Gasteiger partial charge in [0.15, 0.2) is 5.82 Å².